The minimum absolute atomic E-state index is 0.0545. The van der Waals surface area contributed by atoms with Crippen LogP contribution in [0.25, 0.3) is 0 Å². The van der Waals surface area contributed by atoms with E-state index in [1.807, 2.05) is 17.0 Å². The van der Waals surface area contributed by atoms with Crippen LogP contribution in [0.4, 0.5) is 0 Å². The molecule has 1 saturated heterocycles. The van der Waals surface area contributed by atoms with Crippen LogP contribution < -0.4 is 15.4 Å². The zero-order valence-electron chi connectivity index (χ0n) is 17.2. The Labute approximate surface area is 186 Å². The quantitative estimate of drug-likeness (QED) is 0.656. The molecule has 0 saturated carbocycles. The average molecular weight is 444 g/mol. The van der Waals surface area contributed by atoms with Crippen molar-refractivity contribution in [2.45, 2.75) is 25.8 Å². The van der Waals surface area contributed by atoms with Gasteiger partial charge in [0.1, 0.15) is 5.75 Å². The van der Waals surface area contributed by atoms with Gasteiger partial charge in [-0.3, -0.25) is 14.4 Å². The van der Waals surface area contributed by atoms with Gasteiger partial charge in [0.15, 0.2) is 6.61 Å². The Morgan fingerprint density at radius 3 is 2.23 bits per heavy atom. The number of piperidine rings is 1. The molecule has 7 nitrogen and oxygen atoms in total. The van der Waals surface area contributed by atoms with Crippen molar-refractivity contribution in [3.8, 4) is 5.75 Å². The van der Waals surface area contributed by atoms with Crippen LogP contribution in [0.2, 0.25) is 5.02 Å². The number of hydrogen-bond donors (Lipinski definition) is 2. The number of rotatable bonds is 8. The van der Waals surface area contributed by atoms with Crippen LogP contribution in [0, 0.1) is 0 Å². The van der Waals surface area contributed by atoms with Gasteiger partial charge in [0.2, 0.25) is 5.91 Å². The van der Waals surface area contributed by atoms with Crippen LogP contribution >= 0.6 is 11.6 Å². The first kappa shape index (κ1) is 22.6. The summed E-state index contributed by atoms with van der Waals surface area (Å²) in [5, 5.41) is 5.83. The van der Waals surface area contributed by atoms with Gasteiger partial charge in [-0.25, -0.2) is 0 Å². The summed E-state index contributed by atoms with van der Waals surface area (Å²) >= 11 is 5.79. The lowest BCUT2D eigenvalue weighted by atomic mass is 10.1. The summed E-state index contributed by atoms with van der Waals surface area (Å²) in [5.41, 5.74) is 1.53. The van der Waals surface area contributed by atoms with Crippen LogP contribution in [0.15, 0.2) is 48.5 Å². The number of hydrogen-bond acceptors (Lipinski definition) is 4. The Bertz CT molecular complexity index is 894. The molecule has 2 N–H and O–H groups in total. The highest BCUT2D eigenvalue weighted by atomic mass is 35.5. The molecule has 164 valence electrons. The summed E-state index contributed by atoms with van der Waals surface area (Å²) in [5.74, 6) is -0.135. The van der Waals surface area contributed by atoms with Gasteiger partial charge in [-0.05, 0) is 61.2 Å². The molecule has 0 atom stereocenters. The van der Waals surface area contributed by atoms with E-state index in [4.69, 9.17) is 16.3 Å². The van der Waals surface area contributed by atoms with E-state index in [9.17, 15) is 14.4 Å². The van der Waals surface area contributed by atoms with Crippen molar-refractivity contribution in [1.29, 1.82) is 0 Å². The monoisotopic (exact) mass is 443 g/mol. The zero-order chi connectivity index (χ0) is 22.1. The third kappa shape index (κ3) is 7.29. The van der Waals surface area contributed by atoms with E-state index in [0.717, 1.165) is 31.5 Å². The van der Waals surface area contributed by atoms with Crippen molar-refractivity contribution in [2.75, 3.05) is 26.2 Å². The predicted octanol–water partition coefficient (Wildman–Crippen LogP) is 2.78. The van der Waals surface area contributed by atoms with E-state index >= 15 is 0 Å². The second kappa shape index (κ2) is 11.4. The lowest BCUT2D eigenvalue weighted by Crippen LogP contribution is -2.38. The summed E-state index contributed by atoms with van der Waals surface area (Å²) in [6.07, 6.45) is 3.29. The van der Waals surface area contributed by atoms with Crippen molar-refractivity contribution in [3.63, 3.8) is 0 Å². The number of carbonyl (C=O) groups is 3. The summed E-state index contributed by atoms with van der Waals surface area (Å²) in [7, 11) is 0. The first-order valence-electron chi connectivity index (χ1n) is 10.3. The normalized spacial score (nSPS) is 13.4. The first-order chi connectivity index (χ1) is 15.0. The van der Waals surface area contributed by atoms with Crippen molar-refractivity contribution < 1.29 is 19.1 Å². The molecule has 1 aliphatic rings. The fourth-order valence-corrected chi connectivity index (χ4v) is 3.34. The molecule has 2 aromatic rings. The number of amides is 3. The highest BCUT2D eigenvalue weighted by Crippen LogP contribution is 2.15. The number of halogens is 1. The van der Waals surface area contributed by atoms with E-state index in [1.165, 1.54) is 6.42 Å². The molecule has 0 radical (unpaired) electrons. The van der Waals surface area contributed by atoms with Gasteiger partial charge < -0.3 is 20.3 Å². The third-order valence-corrected chi connectivity index (χ3v) is 5.22. The Kier molecular flexibility index (Phi) is 8.29. The van der Waals surface area contributed by atoms with Crippen LogP contribution in [0.5, 0.6) is 5.75 Å². The zero-order valence-corrected chi connectivity index (χ0v) is 18.0. The highest BCUT2D eigenvalue weighted by Gasteiger charge is 2.17. The molecular weight excluding hydrogens is 418 g/mol. The molecule has 0 bridgehead atoms. The second-order valence-electron chi connectivity index (χ2n) is 7.35. The summed E-state index contributed by atoms with van der Waals surface area (Å²) in [4.78, 5) is 38.2. The maximum Gasteiger partial charge on any atom is 0.258 e. The van der Waals surface area contributed by atoms with Crippen molar-refractivity contribution >= 4 is 29.3 Å². The van der Waals surface area contributed by atoms with E-state index < -0.39 is 5.91 Å². The van der Waals surface area contributed by atoms with Crippen molar-refractivity contribution in [3.05, 3.63) is 64.7 Å². The maximum atomic E-state index is 12.5. The molecule has 2 aromatic carbocycles. The number of carbonyl (C=O) groups excluding carboxylic acids is 3. The molecule has 0 spiro atoms. The van der Waals surface area contributed by atoms with Crippen LogP contribution in [0.3, 0.4) is 0 Å². The van der Waals surface area contributed by atoms with Gasteiger partial charge >= 0.3 is 0 Å². The molecule has 8 heteroatoms. The number of likely N-dealkylation sites (tertiary alicyclic amines) is 1. The highest BCUT2D eigenvalue weighted by molar-refractivity contribution is 6.30. The largest absolute Gasteiger partial charge is 0.484 e. The molecule has 1 fully saturated rings. The molecule has 1 aliphatic heterocycles. The molecule has 3 rings (SSSR count). The number of ether oxygens (including phenoxy) is 1. The van der Waals surface area contributed by atoms with E-state index in [1.54, 1.807) is 36.4 Å². The van der Waals surface area contributed by atoms with Gasteiger partial charge in [-0.15, -0.1) is 0 Å². The van der Waals surface area contributed by atoms with E-state index in [2.05, 4.69) is 10.6 Å². The Morgan fingerprint density at radius 2 is 1.55 bits per heavy atom. The first-order valence-corrected chi connectivity index (χ1v) is 10.7. The van der Waals surface area contributed by atoms with Gasteiger partial charge in [-0.1, -0.05) is 23.7 Å². The minimum Gasteiger partial charge on any atom is -0.484 e. The van der Waals surface area contributed by atoms with E-state index in [0.29, 0.717) is 22.9 Å². The van der Waals surface area contributed by atoms with Crippen molar-refractivity contribution in [1.82, 2.24) is 15.5 Å². The molecule has 1 heterocycles. The average Bonchev–Trinajstić information content (AvgIpc) is 2.81. The summed E-state index contributed by atoms with van der Waals surface area (Å²) < 4.78 is 5.33. The lowest BCUT2D eigenvalue weighted by Gasteiger charge is -2.26. The molecule has 3 amide bonds. The number of nitrogens with zero attached hydrogens (tertiary/aromatic N) is 1. The van der Waals surface area contributed by atoms with Gasteiger partial charge in [0.05, 0.1) is 6.54 Å². The van der Waals surface area contributed by atoms with Gasteiger partial charge in [0, 0.05) is 30.2 Å². The number of nitrogens with one attached hydrogen (secondary N) is 2. The summed E-state index contributed by atoms with van der Waals surface area (Å²) in [6, 6.07) is 13.9. The minimum atomic E-state index is -0.398. The molecule has 31 heavy (non-hydrogen) atoms. The van der Waals surface area contributed by atoms with Crippen LogP contribution in [-0.4, -0.2) is 48.9 Å². The SMILES string of the molecule is O=C(CNC(=O)COc1ccc(Cl)cc1)NCc1ccc(C(=O)N2CCCCC2)cc1. The molecule has 0 unspecified atom stereocenters. The predicted molar refractivity (Wildman–Crippen MR) is 118 cm³/mol. The second-order valence-corrected chi connectivity index (χ2v) is 7.78. The molecule has 0 aliphatic carbocycles. The molecular formula is C23H26ClN3O4. The summed E-state index contributed by atoms with van der Waals surface area (Å²) in [6.45, 7) is 1.60. The Morgan fingerprint density at radius 1 is 0.871 bits per heavy atom. The fraction of sp³-hybridized carbons (Fsp3) is 0.348. The number of benzene rings is 2. The standard InChI is InChI=1S/C23H26ClN3O4/c24-19-8-10-20(11-9-19)31-16-22(29)26-15-21(28)25-14-17-4-6-18(7-5-17)23(30)27-12-2-1-3-13-27/h4-11H,1-3,12-16H2,(H,25,28)(H,26,29). The third-order valence-electron chi connectivity index (χ3n) is 4.96. The van der Waals surface area contributed by atoms with E-state index in [-0.39, 0.29) is 25.0 Å². The smallest absolute Gasteiger partial charge is 0.258 e. The Hall–Kier alpha value is -3.06. The van der Waals surface area contributed by atoms with Crippen molar-refractivity contribution in [2.24, 2.45) is 0 Å². The Balaban J connectivity index is 1.35. The topological polar surface area (TPSA) is 87.7 Å². The lowest BCUT2D eigenvalue weighted by molar-refractivity contribution is -0.127. The maximum absolute atomic E-state index is 12.5. The van der Waals surface area contributed by atoms with Gasteiger partial charge in [0.25, 0.3) is 11.8 Å². The fourth-order valence-electron chi connectivity index (χ4n) is 3.22. The van der Waals surface area contributed by atoms with Gasteiger partial charge in [-0.2, -0.15) is 0 Å². The molecule has 0 aromatic heterocycles. The van der Waals surface area contributed by atoms with Crippen LogP contribution in [-0.2, 0) is 16.1 Å². The van der Waals surface area contributed by atoms with Crippen LogP contribution in [0.1, 0.15) is 35.2 Å².